The number of hydrogen-bond donors (Lipinski definition) is 2. The number of carboxylic acids is 2. The van der Waals surface area contributed by atoms with Crippen LogP contribution in [0, 0.1) is 0 Å². The molecule has 0 bridgehead atoms. The van der Waals surface area contributed by atoms with Crippen LogP contribution in [0.25, 0.3) is 0 Å². The lowest BCUT2D eigenvalue weighted by Crippen LogP contribution is -2.26. The fourth-order valence-electron chi connectivity index (χ4n) is 2.40. The third-order valence-electron chi connectivity index (χ3n) is 3.64. The van der Waals surface area contributed by atoms with Gasteiger partial charge in [0.25, 0.3) is 0 Å². The predicted molar refractivity (Wildman–Crippen MR) is 89.7 cm³/mol. The maximum Gasteiger partial charge on any atom is 0.336 e. The Morgan fingerprint density at radius 1 is 1.04 bits per heavy atom. The van der Waals surface area contributed by atoms with Gasteiger partial charge in [-0.25, -0.2) is 4.79 Å². The quantitative estimate of drug-likeness (QED) is 0.774. The first-order valence-corrected chi connectivity index (χ1v) is 7.43. The van der Waals surface area contributed by atoms with Crippen molar-refractivity contribution in [3.8, 4) is 5.75 Å². The summed E-state index contributed by atoms with van der Waals surface area (Å²) in [6, 6.07) is 13.9. The fraction of sp³-hybridized carbons (Fsp3) is 0.222. The van der Waals surface area contributed by atoms with Crippen LogP contribution in [-0.2, 0) is 11.3 Å². The van der Waals surface area contributed by atoms with Gasteiger partial charge in [0.1, 0.15) is 5.75 Å². The van der Waals surface area contributed by atoms with Crippen LogP contribution in [0.2, 0.25) is 0 Å². The highest BCUT2D eigenvalue weighted by Gasteiger charge is 2.15. The molecule has 0 saturated heterocycles. The van der Waals surface area contributed by atoms with Gasteiger partial charge in [0.2, 0.25) is 0 Å². The molecule has 0 atom stereocenters. The number of carbonyl (C=O) groups is 2. The van der Waals surface area contributed by atoms with Crippen LogP contribution in [0.5, 0.6) is 5.75 Å². The number of hydrogen-bond acceptors (Lipinski definition) is 4. The molecule has 6 nitrogen and oxygen atoms in total. The molecule has 126 valence electrons. The number of methoxy groups -OCH3 is 1. The summed E-state index contributed by atoms with van der Waals surface area (Å²) in [5.41, 5.74) is 1.65. The van der Waals surface area contributed by atoms with E-state index in [0.29, 0.717) is 17.9 Å². The van der Waals surface area contributed by atoms with E-state index in [4.69, 9.17) is 9.84 Å². The Morgan fingerprint density at radius 3 is 2.29 bits per heavy atom. The average Bonchev–Trinajstić information content (AvgIpc) is 2.58. The molecule has 0 heterocycles. The smallest absolute Gasteiger partial charge is 0.336 e. The second-order valence-corrected chi connectivity index (χ2v) is 5.23. The van der Waals surface area contributed by atoms with Gasteiger partial charge in [-0.2, -0.15) is 0 Å². The third kappa shape index (κ3) is 4.49. The first-order valence-electron chi connectivity index (χ1n) is 7.43. The van der Waals surface area contributed by atoms with Crippen LogP contribution in [0.3, 0.4) is 0 Å². The second kappa shape index (κ2) is 8.01. The minimum atomic E-state index is -1.00. The van der Waals surface area contributed by atoms with Gasteiger partial charge in [0.05, 0.1) is 19.1 Å². The molecule has 0 amide bonds. The zero-order chi connectivity index (χ0) is 17.5. The minimum Gasteiger partial charge on any atom is -0.497 e. The van der Waals surface area contributed by atoms with Crippen LogP contribution >= 0.6 is 0 Å². The molecule has 0 aromatic heterocycles. The molecule has 0 saturated carbocycles. The number of rotatable bonds is 8. The van der Waals surface area contributed by atoms with Gasteiger partial charge in [0, 0.05) is 18.8 Å². The Bertz CT molecular complexity index is 712. The second-order valence-electron chi connectivity index (χ2n) is 5.23. The van der Waals surface area contributed by atoms with Gasteiger partial charge in [0.15, 0.2) is 0 Å². The molecule has 0 aliphatic rings. The van der Waals surface area contributed by atoms with E-state index >= 15 is 0 Å². The van der Waals surface area contributed by atoms with Crippen molar-refractivity contribution in [3.05, 3.63) is 59.7 Å². The van der Waals surface area contributed by atoms with Crippen molar-refractivity contribution >= 4 is 17.6 Å². The lowest BCUT2D eigenvalue weighted by Gasteiger charge is -2.25. The van der Waals surface area contributed by atoms with Crippen LogP contribution in [0.15, 0.2) is 48.5 Å². The molecule has 0 unspecified atom stereocenters. The lowest BCUT2D eigenvalue weighted by molar-refractivity contribution is -0.136. The molecule has 2 N–H and O–H groups in total. The van der Waals surface area contributed by atoms with E-state index in [1.807, 2.05) is 17.0 Å². The van der Waals surface area contributed by atoms with Crippen LogP contribution in [0.4, 0.5) is 5.69 Å². The monoisotopic (exact) mass is 329 g/mol. The third-order valence-corrected chi connectivity index (χ3v) is 3.64. The zero-order valence-corrected chi connectivity index (χ0v) is 13.3. The van der Waals surface area contributed by atoms with Crippen molar-refractivity contribution in [1.29, 1.82) is 0 Å². The Hall–Kier alpha value is -3.02. The highest BCUT2D eigenvalue weighted by molar-refractivity contribution is 5.89. The van der Waals surface area contributed by atoms with Crippen molar-refractivity contribution in [2.24, 2.45) is 0 Å². The van der Waals surface area contributed by atoms with E-state index < -0.39 is 11.9 Å². The molecule has 0 fully saturated rings. The predicted octanol–water partition coefficient (Wildman–Crippen LogP) is 2.87. The molecule has 0 aliphatic heterocycles. The van der Waals surface area contributed by atoms with Crippen molar-refractivity contribution < 1.29 is 24.5 Å². The Labute approximate surface area is 139 Å². The Morgan fingerprint density at radius 2 is 1.71 bits per heavy atom. The summed E-state index contributed by atoms with van der Waals surface area (Å²) < 4.78 is 5.13. The number of ether oxygens (including phenoxy) is 1. The van der Waals surface area contributed by atoms with Gasteiger partial charge in [-0.1, -0.05) is 18.2 Å². The van der Waals surface area contributed by atoms with E-state index in [2.05, 4.69) is 0 Å². The van der Waals surface area contributed by atoms with Gasteiger partial charge < -0.3 is 19.8 Å². The number of nitrogens with zero attached hydrogens (tertiary/aromatic N) is 1. The fourth-order valence-corrected chi connectivity index (χ4v) is 2.40. The average molecular weight is 329 g/mol. The van der Waals surface area contributed by atoms with Gasteiger partial charge in [-0.15, -0.1) is 0 Å². The van der Waals surface area contributed by atoms with Crippen molar-refractivity contribution in [1.82, 2.24) is 0 Å². The van der Waals surface area contributed by atoms with Gasteiger partial charge in [-0.3, -0.25) is 4.79 Å². The largest absolute Gasteiger partial charge is 0.497 e. The molecule has 2 aromatic rings. The molecule has 0 radical (unpaired) electrons. The lowest BCUT2D eigenvalue weighted by atomic mass is 10.1. The van der Waals surface area contributed by atoms with Crippen LogP contribution in [0.1, 0.15) is 22.3 Å². The van der Waals surface area contributed by atoms with Crippen molar-refractivity contribution in [2.75, 3.05) is 18.6 Å². The molecule has 0 spiro atoms. The summed E-state index contributed by atoms with van der Waals surface area (Å²) in [7, 11) is 1.57. The molecule has 24 heavy (non-hydrogen) atoms. The van der Waals surface area contributed by atoms with E-state index in [1.54, 1.807) is 43.5 Å². The van der Waals surface area contributed by atoms with Gasteiger partial charge in [-0.05, 0) is 35.9 Å². The summed E-state index contributed by atoms with van der Waals surface area (Å²) in [4.78, 5) is 24.1. The molecule has 2 aromatic carbocycles. The standard InChI is InChI=1S/C18H19NO5/c1-24-15-8-6-14(7-9-15)19(11-10-17(20)21)12-13-4-2-3-5-16(13)18(22)23/h2-9H,10-12H2,1H3,(H,20,21)(H,22,23). The molecule has 2 rings (SSSR count). The van der Waals surface area contributed by atoms with Crippen molar-refractivity contribution in [3.63, 3.8) is 0 Å². The molecule has 0 aliphatic carbocycles. The van der Waals surface area contributed by atoms with E-state index in [1.165, 1.54) is 0 Å². The first kappa shape index (κ1) is 17.3. The topological polar surface area (TPSA) is 87.1 Å². The van der Waals surface area contributed by atoms with Crippen molar-refractivity contribution in [2.45, 2.75) is 13.0 Å². The van der Waals surface area contributed by atoms with E-state index in [9.17, 15) is 14.7 Å². The Balaban J connectivity index is 2.28. The number of anilines is 1. The summed E-state index contributed by atoms with van der Waals surface area (Å²) >= 11 is 0. The summed E-state index contributed by atoms with van der Waals surface area (Å²) in [5.74, 6) is -1.21. The maximum atomic E-state index is 11.4. The minimum absolute atomic E-state index is 0.0404. The first-order chi connectivity index (χ1) is 11.5. The SMILES string of the molecule is COc1ccc(N(CCC(=O)O)Cc2ccccc2C(=O)O)cc1. The highest BCUT2D eigenvalue weighted by atomic mass is 16.5. The number of carboxylic acid groups (broad SMARTS) is 2. The number of aliphatic carboxylic acids is 1. The zero-order valence-electron chi connectivity index (χ0n) is 13.3. The van der Waals surface area contributed by atoms with Crippen LogP contribution < -0.4 is 9.64 Å². The normalized spacial score (nSPS) is 10.2. The summed E-state index contributed by atoms with van der Waals surface area (Å²) in [6.07, 6.45) is -0.0404. The highest BCUT2D eigenvalue weighted by Crippen LogP contribution is 2.22. The molecular weight excluding hydrogens is 310 g/mol. The summed E-state index contributed by atoms with van der Waals surface area (Å²) in [6.45, 7) is 0.581. The van der Waals surface area contributed by atoms with Gasteiger partial charge >= 0.3 is 11.9 Å². The maximum absolute atomic E-state index is 11.4. The molecule has 6 heteroatoms. The summed E-state index contributed by atoms with van der Waals surface area (Å²) in [5, 5.41) is 18.3. The van der Waals surface area contributed by atoms with Crippen LogP contribution in [-0.4, -0.2) is 35.8 Å². The number of benzene rings is 2. The number of aromatic carboxylic acids is 1. The molecular formula is C18H19NO5. The van der Waals surface area contributed by atoms with E-state index in [0.717, 1.165) is 5.69 Å². The Kier molecular flexibility index (Phi) is 5.78. The van der Waals surface area contributed by atoms with E-state index in [-0.39, 0.29) is 18.5 Å².